The highest BCUT2D eigenvalue weighted by atomic mass is 32.2. The van der Waals surface area contributed by atoms with Gasteiger partial charge in [0.05, 0.1) is 37.3 Å². The fourth-order valence-corrected chi connectivity index (χ4v) is 3.40. The van der Waals surface area contributed by atoms with Crippen LogP contribution < -0.4 is 14.2 Å². The van der Waals surface area contributed by atoms with E-state index in [1.54, 1.807) is 42.9 Å². The molecule has 0 aliphatic rings. The third-order valence-electron chi connectivity index (χ3n) is 3.61. The molecular formula is C17H17N3O4S. The van der Waals surface area contributed by atoms with E-state index in [-0.39, 0.29) is 4.90 Å². The highest BCUT2D eigenvalue weighted by Crippen LogP contribution is 2.30. The van der Waals surface area contributed by atoms with Gasteiger partial charge in [0.25, 0.3) is 10.0 Å². The third kappa shape index (κ3) is 3.58. The van der Waals surface area contributed by atoms with E-state index < -0.39 is 10.0 Å². The summed E-state index contributed by atoms with van der Waals surface area (Å²) in [7, 11) is -0.797. The Hall–Kier alpha value is -3.00. The van der Waals surface area contributed by atoms with Crippen molar-refractivity contribution in [3.8, 4) is 22.8 Å². The van der Waals surface area contributed by atoms with Crippen LogP contribution in [0.4, 0.5) is 5.69 Å². The number of H-pyrrole nitrogens is 1. The molecule has 1 aromatic heterocycles. The first-order valence-corrected chi connectivity index (χ1v) is 8.85. The summed E-state index contributed by atoms with van der Waals surface area (Å²) in [5, 5.41) is 0. The normalized spacial score (nSPS) is 11.1. The Labute approximate surface area is 145 Å². The average molecular weight is 359 g/mol. The van der Waals surface area contributed by atoms with Gasteiger partial charge in [0.1, 0.15) is 0 Å². The topological polar surface area (TPSA) is 93.3 Å². The second-order valence-electron chi connectivity index (χ2n) is 5.16. The van der Waals surface area contributed by atoms with Crippen molar-refractivity contribution < 1.29 is 17.9 Å². The highest BCUT2D eigenvalue weighted by Gasteiger charge is 2.17. The molecule has 2 aromatic carbocycles. The molecule has 1 heterocycles. The molecule has 0 amide bonds. The average Bonchev–Trinajstić information content (AvgIpc) is 3.16. The fourth-order valence-electron chi connectivity index (χ4n) is 2.33. The number of rotatable bonds is 6. The lowest BCUT2D eigenvalue weighted by Gasteiger charge is -2.12. The van der Waals surface area contributed by atoms with Gasteiger partial charge in [-0.3, -0.25) is 4.72 Å². The summed E-state index contributed by atoms with van der Waals surface area (Å²) >= 11 is 0. The van der Waals surface area contributed by atoms with Crippen LogP contribution in [0, 0.1) is 0 Å². The highest BCUT2D eigenvalue weighted by molar-refractivity contribution is 7.92. The van der Waals surface area contributed by atoms with Gasteiger partial charge in [0.2, 0.25) is 0 Å². The molecule has 3 aromatic rings. The Morgan fingerprint density at radius 1 is 1.00 bits per heavy atom. The molecule has 0 aliphatic heterocycles. The van der Waals surface area contributed by atoms with Gasteiger partial charge in [0.15, 0.2) is 11.5 Å². The van der Waals surface area contributed by atoms with Crippen LogP contribution in [0.5, 0.6) is 11.5 Å². The molecule has 0 saturated heterocycles. The summed E-state index contributed by atoms with van der Waals surface area (Å²) < 4.78 is 37.9. The maximum Gasteiger partial charge on any atom is 0.262 e. The van der Waals surface area contributed by atoms with Crippen LogP contribution in [0.15, 0.2) is 59.9 Å². The fraction of sp³-hybridized carbons (Fsp3) is 0.118. The molecule has 0 aliphatic carbocycles. The Morgan fingerprint density at radius 2 is 1.72 bits per heavy atom. The SMILES string of the molecule is COc1ccc(S(=O)(=O)Nc2ccc(-c3cnc[nH]3)cc2)cc1OC. The first kappa shape index (κ1) is 16.8. The molecule has 0 spiro atoms. The quantitative estimate of drug-likeness (QED) is 0.706. The number of aromatic amines is 1. The molecule has 2 N–H and O–H groups in total. The van der Waals surface area contributed by atoms with Gasteiger partial charge in [0, 0.05) is 11.8 Å². The standard InChI is InChI=1S/C17H17N3O4S/c1-23-16-8-7-14(9-17(16)24-2)25(21,22)20-13-5-3-12(4-6-13)15-10-18-11-19-15/h3-11,20H,1-2H3,(H,18,19). The summed E-state index contributed by atoms with van der Waals surface area (Å²) in [6.45, 7) is 0. The monoisotopic (exact) mass is 359 g/mol. The number of imidazole rings is 1. The van der Waals surface area contributed by atoms with E-state index in [1.807, 2.05) is 0 Å². The minimum absolute atomic E-state index is 0.0859. The lowest BCUT2D eigenvalue weighted by atomic mass is 10.1. The van der Waals surface area contributed by atoms with Gasteiger partial charge >= 0.3 is 0 Å². The summed E-state index contributed by atoms with van der Waals surface area (Å²) in [6.07, 6.45) is 3.28. The number of nitrogens with one attached hydrogen (secondary N) is 2. The van der Waals surface area contributed by atoms with Crippen molar-refractivity contribution in [3.63, 3.8) is 0 Å². The van der Waals surface area contributed by atoms with Gasteiger partial charge in [-0.1, -0.05) is 12.1 Å². The first-order chi connectivity index (χ1) is 12.0. The maximum absolute atomic E-state index is 12.6. The molecule has 25 heavy (non-hydrogen) atoms. The second kappa shape index (κ2) is 6.86. The lowest BCUT2D eigenvalue weighted by Crippen LogP contribution is -2.13. The van der Waals surface area contributed by atoms with Crippen molar-refractivity contribution >= 4 is 15.7 Å². The predicted molar refractivity (Wildman–Crippen MR) is 94.4 cm³/mol. The molecule has 0 unspecified atom stereocenters. The van der Waals surface area contributed by atoms with Crippen LogP contribution in [0.3, 0.4) is 0 Å². The molecule has 0 saturated carbocycles. The van der Waals surface area contributed by atoms with E-state index >= 15 is 0 Å². The van der Waals surface area contributed by atoms with Crippen molar-refractivity contribution in [1.82, 2.24) is 9.97 Å². The smallest absolute Gasteiger partial charge is 0.262 e. The van der Waals surface area contributed by atoms with Crippen LogP contribution in [-0.2, 0) is 10.0 Å². The van der Waals surface area contributed by atoms with Gasteiger partial charge in [-0.2, -0.15) is 0 Å². The van der Waals surface area contributed by atoms with E-state index in [4.69, 9.17) is 9.47 Å². The Kier molecular flexibility index (Phi) is 4.62. The lowest BCUT2D eigenvalue weighted by molar-refractivity contribution is 0.354. The van der Waals surface area contributed by atoms with Crippen molar-refractivity contribution in [2.75, 3.05) is 18.9 Å². The third-order valence-corrected chi connectivity index (χ3v) is 4.99. The molecule has 130 valence electrons. The molecular weight excluding hydrogens is 342 g/mol. The van der Waals surface area contributed by atoms with E-state index in [0.29, 0.717) is 17.2 Å². The Morgan fingerprint density at radius 3 is 2.32 bits per heavy atom. The van der Waals surface area contributed by atoms with Crippen LogP contribution >= 0.6 is 0 Å². The number of methoxy groups -OCH3 is 2. The van der Waals surface area contributed by atoms with E-state index in [9.17, 15) is 8.42 Å². The summed E-state index contributed by atoms with van der Waals surface area (Å²) in [4.78, 5) is 7.04. The Bertz CT molecular complexity index is 952. The van der Waals surface area contributed by atoms with Crippen molar-refractivity contribution in [3.05, 3.63) is 55.0 Å². The van der Waals surface area contributed by atoms with Gasteiger partial charge in [-0.15, -0.1) is 0 Å². The van der Waals surface area contributed by atoms with Crippen LogP contribution in [-0.4, -0.2) is 32.6 Å². The van der Waals surface area contributed by atoms with Crippen LogP contribution in [0.25, 0.3) is 11.3 Å². The molecule has 0 radical (unpaired) electrons. The van der Waals surface area contributed by atoms with Gasteiger partial charge in [-0.05, 0) is 29.8 Å². The number of ether oxygens (including phenoxy) is 2. The van der Waals surface area contributed by atoms with Crippen molar-refractivity contribution in [1.29, 1.82) is 0 Å². The minimum atomic E-state index is -3.74. The van der Waals surface area contributed by atoms with E-state index in [1.165, 1.54) is 26.4 Å². The molecule has 0 atom stereocenters. The zero-order chi connectivity index (χ0) is 17.9. The number of aromatic nitrogens is 2. The number of hydrogen-bond acceptors (Lipinski definition) is 5. The molecule has 0 fully saturated rings. The van der Waals surface area contributed by atoms with Gasteiger partial charge in [-0.25, -0.2) is 13.4 Å². The van der Waals surface area contributed by atoms with Crippen LogP contribution in [0.2, 0.25) is 0 Å². The first-order valence-electron chi connectivity index (χ1n) is 7.37. The van der Waals surface area contributed by atoms with Gasteiger partial charge < -0.3 is 14.5 Å². The molecule has 7 nitrogen and oxygen atoms in total. The van der Waals surface area contributed by atoms with Crippen molar-refractivity contribution in [2.45, 2.75) is 4.90 Å². The number of sulfonamides is 1. The number of nitrogens with zero attached hydrogens (tertiary/aromatic N) is 1. The van der Waals surface area contributed by atoms with E-state index in [0.717, 1.165) is 11.3 Å². The zero-order valence-electron chi connectivity index (χ0n) is 13.7. The summed E-state index contributed by atoms with van der Waals surface area (Å²) in [6, 6.07) is 11.4. The maximum atomic E-state index is 12.6. The molecule has 0 bridgehead atoms. The van der Waals surface area contributed by atoms with Crippen LogP contribution in [0.1, 0.15) is 0 Å². The predicted octanol–water partition coefficient (Wildman–Crippen LogP) is 2.89. The summed E-state index contributed by atoms with van der Waals surface area (Å²) in [5.74, 6) is 0.810. The minimum Gasteiger partial charge on any atom is -0.493 e. The zero-order valence-corrected chi connectivity index (χ0v) is 14.5. The number of hydrogen-bond donors (Lipinski definition) is 2. The number of anilines is 1. The Balaban J connectivity index is 1.84. The second-order valence-corrected chi connectivity index (χ2v) is 6.85. The molecule has 3 rings (SSSR count). The van der Waals surface area contributed by atoms with E-state index in [2.05, 4.69) is 14.7 Å². The molecule has 8 heteroatoms. The summed E-state index contributed by atoms with van der Waals surface area (Å²) in [5.41, 5.74) is 2.22. The largest absolute Gasteiger partial charge is 0.493 e. The number of benzene rings is 2. The van der Waals surface area contributed by atoms with Crippen molar-refractivity contribution in [2.24, 2.45) is 0 Å².